The van der Waals surface area contributed by atoms with Crippen LogP contribution in [0.2, 0.25) is 0 Å². The zero-order valence-corrected chi connectivity index (χ0v) is 9.84. The van der Waals surface area contributed by atoms with Crippen LogP contribution in [-0.2, 0) is 9.59 Å². The third kappa shape index (κ3) is 1.95. The van der Waals surface area contributed by atoms with Gasteiger partial charge in [0.1, 0.15) is 6.54 Å². The van der Waals surface area contributed by atoms with Crippen LogP contribution in [0.4, 0.5) is 11.4 Å². The number of ether oxygens (including phenoxy) is 1. The van der Waals surface area contributed by atoms with Gasteiger partial charge in [-0.2, -0.15) is 0 Å². The summed E-state index contributed by atoms with van der Waals surface area (Å²) < 4.78 is 5.44. The maximum atomic E-state index is 12.0. The lowest BCUT2D eigenvalue weighted by Gasteiger charge is -2.32. The van der Waals surface area contributed by atoms with Crippen molar-refractivity contribution in [1.29, 1.82) is 0 Å². The van der Waals surface area contributed by atoms with Gasteiger partial charge in [0.25, 0.3) is 11.8 Å². The van der Waals surface area contributed by atoms with Gasteiger partial charge in [-0.3, -0.25) is 19.9 Å². The van der Waals surface area contributed by atoms with E-state index in [1.54, 1.807) is 25.1 Å². The van der Waals surface area contributed by atoms with Gasteiger partial charge >= 0.3 is 0 Å². The minimum absolute atomic E-state index is 0.167. The number of hydrogen-bond acceptors (Lipinski definition) is 5. The van der Waals surface area contributed by atoms with Crippen molar-refractivity contribution in [3.05, 3.63) is 18.2 Å². The molecule has 18 heavy (non-hydrogen) atoms. The summed E-state index contributed by atoms with van der Waals surface area (Å²) in [7, 11) is 0. The molecule has 7 heteroatoms. The summed E-state index contributed by atoms with van der Waals surface area (Å²) in [5.41, 5.74) is 8.67. The Kier molecular flexibility index (Phi) is 3.07. The summed E-state index contributed by atoms with van der Waals surface area (Å²) in [4.78, 5) is 24.6. The molecule has 7 nitrogen and oxygen atoms in total. The lowest BCUT2D eigenvalue weighted by molar-refractivity contribution is -0.128. The Morgan fingerprint density at radius 2 is 2.28 bits per heavy atom. The molecule has 5 N–H and O–H groups in total. The van der Waals surface area contributed by atoms with E-state index in [1.807, 2.05) is 5.43 Å². The molecule has 1 unspecified atom stereocenters. The van der Waals surface area contributed by atoms with Crippen LogP contribution >= 0.6 is 0 Å². The average Bonchev–Trinajstić information content (AvgIpc) is 2.36. The number of fused-ring (bicyclic) bond motifs is 1. The standard InChI is InChI=1S/C11H14N4O3/c1-6-11(17)15(5-9(16)14-13)8-4-2-3-7(12)10(8)18-6/h2-4,6H,5,12-13H2,1H3,(H,14,16). The summed E-state index contributed by atoms with van der Waals surface area (Å²) in [6, 6.07) is 5.02. The molecule has 96 valence electrons. The van der Waals surface area contributed by atoms with Gasteiger partial charge in [-0.25, -0.2) is 5.84 Å². The first-order valence-electron chi connectivity index (χ1n) is 5.40. The molecule has 0 bridgehead atoms. The quantitative estimate of drug-likeness (QED) is 0.280. The Morgan fingerprint density at radius 1 is 1.56 bits per heavy atom. The molecule has 0 spiro atoms. The zero-order chi connectivity index (χ0) is 13.3. The molecular weight excluding hydrogens is 236 g/mol. The fraction of sp³-hybridized carbons (Fsp3) is 0.273. The van der Waals surface area contributed by atoms with E-state index in [4.69, 9.17) is 16.3 Å². The van der Waals surface area contributed by atoms with Crippen molar-refractivity contribution in [2.45, 2.75) is 13.0 Å². The minimum atomic E-state index is -0.687. The first-order chi connectivity index (χ1) is 8.54. The Morgan fingerprint density at radius 3 is 2.94 bits per heavy atom. The summed E-state index contributed by atoms with van der Waals surface area (Å²) in [5.74, 6) is 4.66. The molecule has 1 aliphatic heterocycles. The fourth-order valence-corrected chi connectivity index (χ4v) is 1.80. The number of benzene rings is 1. The van der Waals surface area contributed by atoms with Crippen LogP contribution < -0.4 is 26.6 Å². The van der Waals surface area contributed by atoms with Crippen molar-refractivity contribution >= 4 is 23.2 Å². The minimum Gasteiger partial charge on any atom is -0.477 e. The average molecular weight is 250 g/mol. The monoisotopic (exact) mass is 250 g/mol. The highest BCUT2D eigenvalue weighted by atomic mass is 16.5. The van der Waals surface area contributed by atoms with E-state index in [0.717, 1.165) is 0 Å². The van der Waals surface area contributed by atoms with E-state index in [1.165, 1.54) is 4.90 Å². The van der Waals surface area contributed by atoms with Crippen molar-refractivity contribution in [2.75, 3.05) is 17.2 Å². The summed E-state index contributed by atoms with van der Waals surface area (Å²) in [5, 5.41) is 0. The Balaban J connectivity index is 2.42. The smallest absolute Gasteiger partial charge is 0.268 e. The van der Waals surface area contributed by atoms with Crippen LogP contribution in [0.1, 0.15) is 6.92 Å². The van der Waals surface area contributed by atoms with Gasteiger partial charge in [-0.1, -0.05) is 6.07 Å². The number of anilines is 2. The molecular formula is C11H14N4O3. The van der Waals surface area contributed by atoms with Gasteiger partial charge in [0.15, 0.2) is 11.9 Å². The number of carbonyl (C=O) groups is 2. The van der Waals surface area contributed by atoms with Crippen LogP contribution in [0.3, 0.4) is 0 Å². The summed E-state index contributed by atoms with van der Waals surface area (Å²) in [6.45, 7) is 1.44. The van der Waals surface area contributed by atoms with Gasteiger partial charge in [0.2, 0.25) is 0 Å². The molecule has 1 aliphatic rings. The van der Waals surface area contributed by atoms with E-state index in [9.17, 15) is 9.59 Å². The van der Waals surface area contributed by atoms with E-state index in [0.29, 0.717) is 17.1 Å². The van der Waals surface area contributed by atoms with E-state index in [2.05, 4.69) is 0 Å². The number of nitrogens with two attached hydrogens (primary N) is 2. The van der Waals surface area contributed by atoms with Crippen molar-refractivity contribution < 1.29 is 14.3 Å². The number of rotatable bonds is 2. The highest BCUT2D eigenvalue weighted by Gasteiger charge is 2.33. The van der Waals surface area contributed by atoms with Gasteiger partial charge in [-0.05, 0) is 19.1 Å². The Hall–Kier alpha value is -2.28. The van der Waals surface area contributed by atoms with Crippen LogP contribution in [0.5, 0.6) is 5.75 Å². The fourth-order valence-electron chi connectivity index (χ4n) is 1.80. The van der Waals surface area contributed by atoms with Crippen molar-refractivity contribution in [1.82, 2.24) is 5.43 Å². The van der Waals surface area contributed by atoms with Gasteiger partial charge < -0.3 is 10.5 Å². The summed E-state index contributed by atoms with van der Waals surface area (Å²) >= 11 is 0. The van der Waals surface area contributed by atoms with E-state index < -0.39 is 12.0 Å². The molecule has 0 radical (unpaired) electrons. The predicted molar refractivity (Wildman–Crippen MR) is 65.6 cm³/mol. The SMILES string of the molecule is CC1Oc2c(N)cccc2N(CC(=O)NN)C1=O. The second-order valence-corrected chi connectivity index (χ2v) is 3.95. The number of hydrazine groups is 1. The predicted octanol–water partition coefficient (Wildman–Crippen LogP) is -0.627. The van der Waals surface area contributed by atoms with Crippen molar-refractivity contribution in [3.8, 4) is 5.75 Å². The zero-order valence-electron chi connectivity index (χ0n) is 9.84. The van der Waals surface area contributed by atoms with Gasteiger partial charge in [0.05, 0.1) is 11.4 Å². The number of para-hydroxylation sites is 1. The molecule has 2 amide bonds. The lowest BCUT2D eigenvalue weighted by Crippen LogP contribution is -2.49. The first-order valence-corrected chi connectivity index (χ1v) is 5.40. The molecule has 0 aromatic heterocycles. The maximum Gasteiger partial charge on any atom is 0.268 e. The Labute approximate surface area is 104 Å². The highest BCUT2D eigenvalue weighted by Crippen LogP contribution is 2.38. The number of nitrogens with one attached hydrogen (secondary N) is 1. The molecule has 0 aliphatic carbocycles. The number of nitrogens with zero attached hydrogens (tertiary/aromatic N) is 1. The molecule has 1 heterocycles. The second-order valence-electron chi connectivity index (χ2n) is 3.95. The van der Waals surface area contributed by atoms with Crippen LogP contribution in [0, 0.1) is 0 Å². The lowest BCUT2D eigenvalue weighted by atomic mass is 10.1. The molecule has 1 aromatic rings. The van der Waals surface area contributed by atoms with Gasteiger partial charge in [0, 0.05) is 0 Å². The van der Waals surface area contributed by atoms with Gasteiger partial charge in [-0.15, -0.1) is 0 Å². The molecule has 1 aromatic carbocycles. The normalized spacial score (nSPS) is 18.0. The van der Waals surface area contributed by atoms with Crippen LogP contribution in [0.25, 0.3) is 0 Å². The maximum absolute atomic E-state index is 12.0. The third-order valence-corrected chi connectivity index (χ3v) is 2.69. The Bertz CT molecular complexity index is 503. The summed E-state index contributed by atoms with van der Waals surface area (Å²) in [6.07, 6.45) is -0.687. The number of nitrogen functional groups attached to an aromatic ring is 1. The third-order valence-electron chi connectivity index (χ3n) is 2.69. The van der Waals surface area contributed by atoms with Crippen LogP contribution in [0.15, 0.2) is 18.2 Å². The first kappa shape index (κ1) is 12.2. The topological polar surface area (TPSA) is 111 Å². The molecule has 2 rings (SSSR count). The van der Waals surface area contributed by atoms with Crippen LogP contribution in [-0.4, -0.2) is 24.5 Å². The highest BCUT2D eigenvalue weighted by molar-refractivity contribution is 6.04. The molecule has 0 saturated carbocycles. The number of amides is 2. The molecule has 1 atom stereocenters. The van der Waals surface area contributed by atoms with Crippen molar-refractivity contribution in [2.24, 2.45) is 5.84 Å². The largest absolute Gasteiger partial charge is 0.477 e. The second kappa shape index (κ2) is 4.53. The number of hydrogen-bond donors (Lipinski definition) is 3. The van der Waals surface area contributed by atoms with E-state index in [-0.39, 0.29) is 12.5 Å². The van der Waals surface area contributed by atoms with Crippen molar-refractivity contribution in [3.63, 3.8) is 0 Å². The molecule has 0 fully saturated rings. The number of carbonyl (C=O) groups excluding carboxylic acids is 2. The van der Waals surface area contributed by atoms with E-state index >= 15 is 0 Å². The molecule has 0 saturated heterocycles.